The molecule has 1 amide bonds. The van der Waals surface area contributed by atoms with Crippen LogP contribution in [-0.2, 0) is 19.8 Å². The largest absolute Gasteiger partial charge is 0.522 e. The van der Waals surface area contributed by atoms with Crippen molar-refractivity contribution in [2.24, 2.45) is 0 Å². The maximum atomic E-state index is 13.3. The Bertz CT molecular complexity index is 1020. The smallest absolute Gasteiger partial charge is 0.493 e. The number of piperidine rings is 1. The molecule has 0 unspecified atom stereocenters. The summed E-state index contributed by atoms with van der Waals surface area (Å²) >= 11 is 6.27. The zero-order chi connectivity index (χ0) is 24.3. The second-order valence-corrected chi connectivity index (χ2v) is 8.21. The van der Waals surface area contributed by atoms with Gasteiger partial charge in [-0.25, -0.2) is 0 Å². The van der Waals surface area contributed by atoms with E-state index < -0.39 is 25.2 Å². The molecule has 0 N–H and O–H groups in total. The molecule has 11 heteroatoms. The van der Waals surface area contributed by atoms with Crippen molar-refractivity contribution in [3.63, 3.8) is 0 Å². The number of halogens is 4. The Hall–Kier alpha value is -2.53. The third-order valence-corrected chi connectivity index (χ3v) is 6.15. The fraction of sp³-hybridized carbons (Fsp3) is 0.435. The number of hydrogen-bond donors (Lipinski definition) is 0. The van der Waals surface area contributed by atoms with Crippen LogP contribution >= 0.6 is 11.6 Å². The number of fused-ring (bicyclic) bond motifs is 1. The lowest BCUT2D eigenvalue weighted by Gasteiger charge is -2.42. The Balaban J connectivity index is 1.46. The number of carbonyl (C=O) groups is 1. The average molecular weight is 502 g/mol. The van der Waals surface area contributed by atoms with E-state index in [0.29, 0.717) is 19.5 Å². The molecular formula is C23H23ClF3NO6. The van der Waals surface area contributed by atoms with Crippen LogP contribution in [-0.4, -0.2) is 63.5 Å². The molecule has 0 saturated carbocycles. The van der Waals surface area contributed by atoms with Gasteiger partial charge in [0.15, 0.2) is 11.5 Å². The number of alkyl halides is 3. The minimum absolute atomic E-state index is 0.0285. The van der Waals surface area contributed by atoms with Gasteiger partial charge in [0.2, 0.25) is 0 Å². The fourth-order valence-corrected chi connectivity index (χ4v) is 4.53. The van der Waals surface area contributed by atoms with Crippen LogP contribution in [0.1, 0.15) is 22.3 Å². The molecule has 0 aliphatic carbocycles. The van der Waals surface area contributed by atoms with Crippen molar-refractivity contribution in [3.8, 4) is 11.5 Å². The van der Waals surface area contributed by atoms with Gasteiger partial charge >= 0.3 is 6.36 Å². The minimum atomic E-state index is -4.76. The molecule has 0 spiro atoms. The molecule has 2 atom stereocenters. The Labute approximate surface area is 199 Å². The van der Waals surface area contributed by atoms with E-state index >= 15 is 0 Å². The standard InChI is InChI=1S/C23H23ClF3NO6/c1-30-18-12-15(11-17(24)20(18)31-9-10-33-23(25,26)27)21(29)28-8-7-22(16-5-3-2-4-6-16)19(13-28)32-14-34-22/h2-6,11-12,19H,7-10,13-14H2,1H3/t19-,22-/m1/s1. The number of likely N-dealkylation sites (tertiary alicyclic amines) is 1. The first-order valence-electron chi connectivity index (χ1n) is 10.5. The molecule has 2 aromatic carbocycles. The molecule has 34 heavy (non-hydrogen) atoms. The van der Waals surface area contributed by atoms with Crippen molar-refractivity contribution in [2.75, 3.05) is 40.2 Å². The third kappa shape index (κ3) is 5.10. The molecular weight excluding hydrogens is 479 g/mol. The zero-order valence-electron chi connectivity index (χ0n) is 18.3. The van der Waals surface area contributed by atoms with Crippen LogP contribution in [0.4, 0.5) is 13.2 Å². The van der Waals surface area contributed by atoms with Crippen molar-refractivity contribution in [1.82, 2.24) is 4.90 Å². The van der Waals surface area contributed by atoms with E-state index in [1.165, 1.54) is 19.2 Å². The maximum Gasteiger partial charge on any atom is 0.522 e. The van der Waals surface area contributed by atoms with E-state index in [1.54, 1.807) is 4.90 Å². The Morgan fingerprint density at radius 3 is 2.71 bits per heavy atom. The molecule has 2 saturated heterocycles. The summed E-state index contributed by atoms with van der Waals surface area (Å²) in [4.78, 5) is 14.9. The first kappa shape index (κ1) is 24.6. The summed E-state index contributed by atoms with van der Waals surface area (Å²) in [5.74, 6) is -0.135. The van der Waals surface area contributed by atoms with Gasteiger partial charge in [0, 0.05) is 18.5 Å². The Morgan fingerprint density at radius 1 is 1.24 bits per heavy atom. The van der Waals surface area contributed by atoms with Gasteiger partial charge in [-0.3, -0.25) is 9.53 Å². The second kappa shape index (κ2) is 9.99. The van der Waals surface area contributed by atoms with Crippen LogP contribution in [0.25, 0.3) is 0 Å². The number of hydrogen-bond acceptors (Lipinski definition) is 6. The molecule has 0 bridgehead atoms. The summed E-state index contributed by atoms with van der Waals surface area (Å²) in [5.41, 5.74) is 0.654. The summed E-state index contributed by atoms with van der Waals surface area (Å²) in [7, 11) is 1.35. The molecule has 184 valence electrons. The van der Waals surface area contributed by atoms with Gasteiger partial charge in [0.1, 0.15) is 25.1 Å². The van der Waals surface area contributed by atoms with E-state index in [4.69, 9.17) is 30.5 Å². The van der Waals surface area contributed by atoms with E-state index in [9.17, 15) is 18.0 Å². The zero-order valence-corrected chi connectivity index (χ0v) is 19.0. The van der Waals surface area contributed by atoms with Crippen LogP contribution in [0.2, 0.25) is 5.02 Å². The van der Waals surface area contributed by atoms with Crippen LogP contribution in [0.15, 0.2) is 42.5 Å². The number of carbonyl (C=O) groups excluding carboxylic acids is 1. The number of ether oxygens (including phenoxy) is 5. The quantitative estimate of drug-likeness (QED) is 0.525. The van der Waals surface area contributed by atoms with Gasteiger partial charge in [0.25, 0.3) is 5.91 Å². The van der Waals surface area contributed by atoms with Crippen LogP contribution < -0.4 is 9.47 Å². The van der Waals surface area contributed by atoms with Crippen molar-refractivity contribution >= 4 is 17.5 Å². The van der Waals surface area contributed by atoms with E-state index in [-0.39, 0.29) is 40.9 Å². The molecule has 2 aliphatic heterocycles. The fourth-order valence-electron chi connectivity index (χ4n) is 4.26. The molecule has 2 aliphatic rings. The number of methoxy groups -OCH3 is 1. The lowest BCUT2D eigenvalue weighted by Crippen LogP contribution is -2.53. The van der Waals surface area contributed by atoms with Gasteiger partial charge in [-0.2, -0.15) is 0 Å². The molecule has 2 fully saturated rings. The van der Waals surface area contributed by atoms with Crippen LogP contribution in [0.3, 0.4) is 0 Å². The second-order valence-electron chi connectivity index (χ2n) is 7.81. The predicted octanol–water partition coefficient (Wildman–Crippen LogP) is 4.38. The molecule has 4 rings (SSSR count). The first-order valence-corrected chi connectivity index (χ1v) is 10.9. The summed E-state index contributed by atoms with van der Waals surface area (Å²) in [5, 5.41) is 0.0331. The van der Waals surface area contributed by atoms with E-state index in [0.717, 1.165) is 5.56 Å². The first-order chi connectivity index (χ1) is 16.2. The molecule has 7 nitrogen and oxygen atoms in total. The highest BCUT2D eigenvalue weighted by Gasteiger charge is 2.51. The topological polar surface area (TPSA) is 66.5 Å². The van der Waals surface area contributed by atoms with Crippen molar-refractivity contribution in [1.29, 1.82) is 0 Å². The SMILES string of the molecule is COc1cc(C(=O)N2CC[C@]3(c4ccccc4)OCO[C@@H]3C2)cc(Cl)c1OCCOC(F)(F)F. The average Bonchev–Trinajstić information content (AvgIpc) is 3.26. The summed E-state index contributed by atoms with van der Waals surface area (Å²) in [6.07, 6.45) is -4.53. The maximum absolute atomic E-state index is 13.3. The number of nitrogens with zero attached hydrogens (tertiary/aromatic N) is 1. The van der Waals surface area contributed by atoms with Gasteiger partial charge < -0.3 is 23.8 Å². The van der Waals surface area contributed by atoms with E-state index in [1.807, 2.05) is 30.3 Å². The molecule has 0 radical (unpaired) electrons. The molecule has 2 aromatic rings. The summed E-state index contributed by atoms with van der Waals surface area (Å²) < 4.78 is 62.5. The summed E-state index contributed by atoms with van der Waals surface area (Å²) in [6.45, 7) is -0.230. The highest BCUT2D eigenvalue weighted by molar-refractivity contribution is 6.32. The Kier molecular flexibility index (Phi) is 7.22. The lowest BCUT2D eigenvalue weighted by atomic mass is 9.82. The van der Waals surface area contributed by atoms with Crippen LogP contribution in [0, 0.1) is 0 Å². The van der Waals surface area contributed by atoms with Crippen molar-refractivity contribution < 1.29 is 41.7 Å². The number of rotatable bonds is 7. The number of amides is 1. The summed E-state index contributed by atoms with van der Waals surface area (Å²) in [6, 6.07) is 12.6. The highest BCUT2D eigenvalue weighted by Crippen LogP contribution is 2.43. The van der Waals surface area contributed by atoms with Gasteiger partial charge in [-0.1, -0.05) is 41.9 Å². The molecule has 0 aromatic heterocycles. The third-order valence-electron chi connectivity index (χ3n) is 5.87. The highest BCUT2D eigenvalue weighted by atomic mass is 35.5. The van der Waals surface area contributed by atoms with E-state index in [2.05, 4.69) is 4.74 Å². The monoisotopic (exact) mass is 501 g/mol. The van der Waals surface area contributed by atoms with Crippen molar-refractivity contribution in [2.45, 2.75) is 24.5 Å². The van der Waals surface area contributed by atoms with Gasteiger partial charge in [0.05, 0.1) is 25.3 Å². The lowest BCUT2D eigenvalue weighted by molar-refractivity contribution is -0.325. The van der Waals surface area contributed by atoms with Gasteiger partial charge in [-0.05, 0) is 17.7 Å². The van der Waals surface area contributed by atoms with Crippen molar-refractivity contribution in [3.05, 3.63) is 58.6 Å². The minimum Gasteiger partial charge on any atom is -0.493 e. The number of benzene rings is 2. The normalized spacial score (nSPS) is 22.4. The van der Waals surface area contributed by atoms with Gasteiger partial charge in [-0.15, -0.1) is 13.2 Å². The van der Waals surface area contributed by atoms with Crippen LogP contribution in [0.5, 0.6) is 11.5 Å². The predicted molar refractivity (Wildman–Crippen MR) is 115 cm³/mol. The molecule has 2 heterocycles. The Morgan fingerprint density at radius 2 is 2.00 bits per heavy atom.